The number of morpholine rings is 1. The van der Waals surface area contributed by atoms with Crippen LogP contribution in [0.4, 0.5) is 10.8 Å². The summed E-state index contributed by atoms with van der Waals surface area (Å²) < 4.78 is 10.6. The van der Waals surface area contributed by atoms with E-state index in [1.54, 1.807) is 18.4 Å². The van der Waals surface area contributed by atoms with Gasteiger partial charge in [0.25, 0.3) is 0 Å². The van der Waals surface area contributed by atoms with E-state index in [-0.39, 0.29) is 5.78 Å². The van der Waals surface area contributed by atoms with Gasteiger partial charge in [-0.2, -0.15) is 0 Å². The first-order valence-electron chi connectivity index (χ1n) is 10.7. The number of thiazole rings is 1. The van der Waals surface area contributed by atoms with Gasteiger partial charge in [0.05, 0.1) is 20.3 Å². The maximum Gasteiger partial charge on any atom is 0.186 e. The number of Topliss-reactive ketones (excluding diaryl/α,β-unsaturated/α-hetero) is 1. The molecule has 0 radical (unpaired) electrons. The molecular weight excluding hydrogens is 400 g/mol. The molecule has 0 unspecified atom stereocenters. The lowest BCUT2D eigenvalue weighted by Crippen LogP contribution is -2.46. The van der Waals surface area contributed by atoms with Crippen molar-refractivity contribution in [1.82, 2.24) is 9.88 Å². The van der Waals surface area contributed by atoms with Crippen LogP contribution in [0.1, 0.15) is 23.3 Å². The smallest absolute Gasteiger partial charge is 0.186 e. The number of carbonyl (C=O) groups is 1. The molecule has 162 valence electrons. The van der Waals surface area contributed by atoms with Crippen LogP contribution in [0.5, 0.6) is 5.75 Å². The number of aromatic nitrogens is 1. The second-order valence-electron chi connectivity index (χ2n) is 7.67. The zero-order valence-corrected chi connectivity index (χ0v) is 18.4. The van der Waals surface area contributed by atoms with Crippen molar-refractivity contribution < 1.29 is 14.3 Å². The summed E-state index contributed by atoms with van der Waals surface area (Å²) in [4.78, 5) is 24.2. The van der Waals surface area contributed by atoms with Gasteiger partial charge in [-0.1, -0.05) is 0 Å². The van der Waals surface area contributed by atoms with Crippen LogP contribution in [-0.2, 0) is 4.74 Å². The number of benzene rings is 1. The highest BCUT2D eigenvalue weighted by atomic mass is 32.1. The average molecular weight is 431 g/mol. The summed E-state index contributed by atoms with van der Waals surface area (Å²) in [5.74, 6) is 1.03. The molecule has 2 fully saturated rings. The van der Waals surface area contributed by atoms with Crippen molar-refractivity contribution in [1.29, 1.82) is 0 Å². The van der Waals surface area contributed by atoms with Crippen LogP contribution < -0.4 is 14.5 Å². The summed E-state index contributed by atoms with van der Waals surface area (Å²) in [6.07, 6.45) is 1.44. The third-order valence-electron chi connectivity index (χ3n) is 5.75. The monoisotopic (exact) mass is 430 g/mol. The van der Waals surface area contributed by atoms with Gasteiger partial charge in [0.2, 0.25) is 0 Å². The number of hydrogen-bond donors (Lipinski definition) is 0. The van der Waals surface area contributed by atoms with Crippen molar-refractivity contribution >= 4 is 27.9 Å². The maximum atomic E-state index is 12.5. The molecule has 0 saturated carbocycles. The third kappa shape index (κ3) is 5.30. The standard InChI is InChI=1S/C22H30N4O3S/c1-28-19-6-4-18(5-7-19)25-9-11-26(12-10-25)22-23-20(17-30-22)21(27)3-2-8-24-13-15-29-16-14-24/h4-7,17H,2-3,8-16H2,1H3. The van der Waals surface area contributed by atoms with Crippen molar-refractivity contribution in [2.24, 2.45) is 0 Å². The number of rotatable bonds is 8. The van der Waals surface area contributed by atoms with E-state index in [0.717, 1.165) is 76.3 Å². The first-order valence-corrected chi connectivity index (χ1v) is 11.5. The van der Waals surface area contributed by atoms with Gasteiger partial charge >= 0.3 is 0 Å². The fraction of sp³-hybridized carbons (Fsp3) is 0.545. The number of nitrogens with zero attached hydrogens (tertiary/aromatic N) is 4. The van der Waals surface area contributed by atoms with E-state index in [9.17, 15) is 4.79 Å². The minimum atomic E-state index is 0.155. The number of anilines is 2. The molecule has 4 rings (SSSR count). The molecular formula is C22H30N4O3S. The molecule has 2 aromatic rings. The highest BCUT2D eigenvalue weighted by Gasteiger charge is 2.21. The Morgan fingerprint density at radius 2 is 1.77 bits per heavy atom. The van der Waals surface area contributed by atoms with Crippen LogP contribution in [0.2, 0.25) is 0 Å². The fourth-order valence-electron chi connectivity index (χ4n) is 3.90. The maximum absolute atomic E-state index is 12.5. The Bertz CT molecular complexity index is 812. The Hall–Kier alpha value is -2.16. The second kappa shape index (κ2) is 10.2. The van der Waals surface area contributed by atoms with Crippen LogP contribution in [0.3, 0.4) is 0 Å². The van der Waals surface area contributed by atoms with Crippen molar-refractivity contribution in [3.05, 3.63) is 35.3 Å². The van der Waals surface area contributed by atoms with E-state index >= 15 is 0 Å². The molecule has 1 aromatic heterocycles. The third-order valence-corrected chi connectivity index (χ3v) is 6.65. The number of ether oxygens (including phenoxy) is 2. The molecule has 0 amide bonds. The van der Waals surface area contributed by atoms with Gasteiger partial charge < -0.3 is 19.3 Å². The Morgan fingerprint density at radius 3 is 2.47 bits per heavy atom. The van der Waals surface area contributed by atoms with Crippen LogP contribution in [0.25, 0.3) is 0 Å². The first kappa shape index (κ1) is 21.1. The largest absolute Gasteiger partial charge is 0.497 e. The number of hydrogen-bond acceptors (Lipinski definition) is 8. The lowest BCUT2D eigenvalue weighted by atomic mass is 10.2. The van der Waals surface area contributed by atoms with Crippen LogP contribution in [-0.4, -0.2) is 81.8 Å². The summed E-state index contributed by atoms with van der Waals surface area (Å²) in [5.41, 5.74) is 1.83. The second-order valence-corrected chi connectivity index (χ2v) is 8.50. The average Bonchev–Trinajstić information content (AvgIpc) is 3.30. The molecule has 0 N–H and O–H groups in total. The molecule has 7 nitrogen and oxygen atoms in total. The topological polar surface area (TPSA) is 58.1 Å². The Labute approximate surface area is 182 Å². The summed E-state index contributed by atoms with van der Waals surface area (Å²) in [6, 6.07) is 8.20. The van der Waals surface area contributed by atoms with Gasteiger partial charge in [-0.3, -0.25) is 9.69 Å². The van der Waals surface area contributed by atoms with Gasteiger partial charge in [0, 0.05) is 56.8 Å². The van der Waals surface area contributed by atoms with E-state index in [1.165, 1.54) is 5.69 Å². The lowest BCUT2D eigenvalue weighted by Gasteiger charge is -2.36. The summed E-state index contributed by atoms with van der Waals surface area (Å²) >= 11 is 1.58. The lowest BCUT2D eigenvalue weighted by molar-refractivity contribution is 0.0371. The molecule has 0 atom stereocenters. The van der Waals surface area contributed by atoms with Gasteiger partial charge in [-0.05, 0) is 37.2 Å². The minimum absolute atomic E-state index is 0.155. The molecule has 8 heteroatoms. The zero-order valence-electron chi connectivity index (χ0n) is 17.6. The predicted octanol–water partition coefficient (Wildman–Crippen LogP) is 2.77. The summed E-state index contributed by atoms with van der Waals surface area (Å²) in [7, 11) is 1.69. The molecule has 30 heavy (non-hydrogen) atoms. The summed E-state index contributed by atoms with van der Waals surface area (Å²) in [5, 5.41) is 2.88. The Morgan fingerprint density at radius 1 is 1.07 bits per heavy atom. The molecule has 2 aliphatic heterocycles. The van der Waals surface area contributed by atoms with Gasteiger partial charge in [-0.15, -0.1) is 11.3 Å². The minimum Gasteiger partial charge on any atom is -0.497 e. The Balaban J connectivity index is 1.24. The van der Waals surface area contributed by atoms with Crippen LogP contribution >= 0.6 is 11.3 Å². The number of methoxy groups -OCH3 is 1. The van der Waals surface area contributed by atoms with E-state index in [0.29, 0.717) is 12.1 Å². The number of carbonyl (C=O) groups excluding carboxylic acids is 1. The fourth-order valence-corrected chi connectivity index (χ4v) is 4.79. The van der Waals surface area contributed by atoms with Crippen molar-refractivity contribution in [3.63, 3.8) is 0 Å². The highest BCUT2D eigenvalue weighted by Crippen LogP contribution is 2.25. The van der Waals surface area contributed by atoms with Crippen LogP contribution in [0, 0.1) is 0 Å². The zero-order chi connectivity index (χ0) is 20.8. The van der Waals surface area contributed by atoms with E-state index in [2.05, 4.69) is 31.8 Å². The summed E-state index contributed by atoms with van der Waals surface area (Å²) in [6.45, 7) is 8.19. The molecule has 2 saturated heterocycles. The highest BCUT2D eigenvalue weighted by molar-refractivity contribution is 7.13. The Kier molecular flexibility index (Phi) is 7.20. The number of ketones is 1. The molecule has 3 heterocycles. The van der Waals surface area contributed by atoms with Crippen molar-refractivity contribution in [2.45, 2.75) is 12.8 Å². The van der Waals surface area contributed by atoms with Crippen molar-refractivity contribution in [2.75, 3.05) is 75.9 Å². The van der Waals surface area contributed by atoms with E-state index in [4.69, 9.17) is 9.47 Å². The molecule has 0 aliphatic carbocycles. The first-order chi connectivity index (χ1) is 14.7. The van der Waals surface area contributed by atoms with E-state index < -0.39 is 0 Å². The molecule has 0 bridgehead atoms. The van der Waals surface area contributed by atoms with Gasteiger partial charge in [-0.25, -0.2) is 4.98 Å². The van der Waals surface area contributed by atoms with E-state index in [1.807, 2.05) is 17.5 Å². The molecule has 0 spiro atoms. The number of piperazine rings is 1. The quantitative estimate of drug-likeness (QED) is 0.597. The molecule has 1 aromatic carbocycles. The van der Waals surface area contributed by atoms with Crippen molar-refractivity contribution in [3.8, 4) is 5.75 Å². The molecule has 2 aliphatic rings. The predicted molar refractivity (Wildman–Crippen MR) is 120 cm³/mol. The normalized spacial score (nSPS) is 17.9. The van der Waals surface area contributed by atoms with Gasteiger partial charge in [0.1, 0.15) is 11.4 Å². The SMILES string of the molecule is COc1ccc(N2CCN(c3nc(C(=O)CCCN4CCOCC4)cs3)CC2)cc1. The van der Waals surface area contributed by atoms with Crippen LogP contribution in [0.15, 0.2) is 29.6 Å². The van der Waals surface area contributed by atoms with Gasteiger partial charge in [0.15, 0.2) is 10.9 Å².